The summed E-state index contributed by atoms with van der Waals surface area (Å²) in [7, 11) is 1.62. The summed E-state index contributed by atoms with van der Waals surface area (Å²) < 4.78 is 10.2. The van der Waals surface area contributed by atoms with Gasteiger partial charge < -0.3 is 14.3 Å². The number of furan rings is 1. The molecule has 0 aliphatic heterocycles. The molecule has 1 unspecified atom stereocenters. The number of aliphatic hydroxyl groups excluding tert-OH is 1. The monoisotopic (exact) mass is 170 g/mol. The van der Waals surface area contributed by atoms with E-state index in [-0.39, 0.29) is 6.10 Å². The van der Waals surface area contributed by atoms with E-state index in [1.54, 1.807) is 14.0 Å². The van der Waals surface area contributed by atoms with Gasteiger partial charge in [0.1, 0.15) is 18.1 Å². The molecule has 0 saturated carbocycles. The van der Waals surface area contributed by atoms with Crippen LogP contribution >= 0.6 is 0 Å². The lowest BCUT2D eigenvalue weighted by atomic mass is 10.2. The standard InChI is InChI=1S/C9H14O3/c1-7(10)5-8-3-4-9(12-8)6-11-2/h3-4,7,10H,5-6H2,1-2H3. The van der Waals surface area contributed by atoms with Gasteiger partial charge in [-0.2, -0.15) is 0 Å². The molecule has 1 N–H and O–H groups in total. The molecule has 0 bridgehead atoms. The molecule has 3 heteroatoms. The van der Waals surface area contributed by atoms with Gasteiger partial charge in [-0.3, -0.25) is 0 Å². The lowest BCUT2D eigenvalue weighted by Crippen LogP contribution is -2.02. The molecule has 1 atom stereocenters. The molecular formula is C9H14O3. The zero-order chi connectivity index (χ0) is 8.97. The fourth-order valence-electron chi connectivity index (χ4n) is 1.04. The van der Waals surface area contributed by atoms with Gasteiger partial charge in [-0.1, -0.05) is 0 Å². The van der Waals surface area contributed by atoms with Crippen molar-refractivity contribution in [1.29, 1.82) is 0 Å². The molecule has 1 heterocycles. The van der Waals surface area contributed by atoms with Crippen LogP contribution in [0.1, 0.15) is 18.4 Å². The highest BCUT2D eigenvalue weighted by atomic mass is 16.5. The Hall–Kier alpha value is -0.800. The minimum Gasteiger partial charge on any atom is -0.464 e. The van der Waals surface area contributed by atoms with E-state index < -0.39 is 0 Å². The normalized spacial score (nSPS) is 13.2. The Balaban J connectivity index is 2.52. The summed E-state index contributed by atoms with van der Waals surface area (Å²) in [6.07, 6.45) is 0.204. The SMILES string of the molecule is COCc1ccc(CC(C)O)o1. The Morgan fingerprint density at radius 3 is 2.75 bits per heavy atom. The molecule has 0 aromatic carbocycles. The van der Waals surface area contributed by atoms with Gasteiger partial charge in [0.05, 0.1) is 6.10 Å². The van der Waals surface area contributed by atoms with Gasteiger partial charge in [0, 0.05) is 13.5 Å². The Morgan fingerprint density at radius 2 is 2.17 bits per heavy atom. The molecule has 12 heavy (non-hydrogen) atoms. The van der Waals surface area contributed by atoms with Crippen LogP contribution in [0.5, 0.6) is 0 Å². The minimum absolute atomic E-state index is 0.355. The highest BCUT2D eigenvalue weighted by Gasteiger charge is 2.04. The van der Waals surface area contributed by atoms with Crippen molar-refractivity contribution >= 4 is 0 Å². The third kappa shape index (κ3) is 2.68. The maximum absolute atomic E-state index is 9.05. The summed E-state index contributed by atoms with van der Waals surface area (Å²) in [5.41, 5.74) is 0. The minimum atomic E-state index is -0.355. The molecule has 1 rings (SSSR count). The van der Waals surface area contributed by atoms with Gasteiger partial charge >= 0.3 is 0 Å². The van der Waals surface area contributed by atoms with Crippen molar-refractivity contribution in [2.45, 2.75) is 26.1 Å². The molecule has 3 nitrogen and oxygen atoms in total. The smallest absolute Gasteiger partial charge is 0.129 e. The summed E-state index contributed by atoms with van der Waals surface area (Å²) >= 11 is 0. The predicted octanol–water partition coefficient (Wildman–Crippen LogP) is 1.35. The molecule has 0 spiro atoms. The number of ether oxygens (including phenoxy) is 1. The van der Waals surface area contributed by atoms with Gasteiger partial charge in [-0.05, 0) is 19.1 Å². The number of hydrogen-bond donors (Lipinski definition) is 1. The maximum atomic E-state index is 9.05. The molecule has 0 amide bonds. The van der Waals surface area contributed by atoms with Crippen LogP contribution < -0.4 is 0 Å². The first kappa shape index (κ1) is 9.29. The van der Waals surface area contributed by atoms with Gasteiger partial charge in [0.15, 0.2) is 0 Å². The van der Waals surface area contributed by atoms with Gasteiger partial charge in [0.25, 0.3) is 0 Å². The van der Waals surface area contributed by atoms with Crippen LogP contribution in [-0.4, -0.2) is 18.3 Å². The Bertz CT molecular complexity index is 227. The molecule has 0 fully saturated rings. The molecule has 1 aromatic heterocycles. The molecule has 0 aliphatic rings. The van der Waals surface area contributed by atoms with E-state index >= 15 is 0 Å². The maximum Gasteiger partial charge on any atom is 0.129 e. The largest absolute Gasteiger partial charge is 0.464 e. The topological polar surface area (TPSA) is 42.6 Å². The highest BCUT2D eigenvalue weighted by Crippen LogP contribution is 2.10. The Morgan fingerprint density at radius 1 is 1.50 bits per heavy atom. The van der Waals surface area contributed by atoms with E-state index in [1.807, 2.05) is 12.1 Å². The summed E-state index contributed by atoms with van der Waals surface area (Å²) in [5.74, 6) is 1.60. The van der Waals surface area contributed by atoms with E-state index in [4.69, 9.17) is 14.3 Å². The Kier molecular flexibility index (Phi) is 3.31. The summed E-state index contributed by atoms with van der Waals surface area (Å²) in [5, 5.41) is 9.05. The highest BCUT2D eigenvalue weighted by molar-refractivity contribution is 5.07. The van der Waals surface area contributed by atoms with Crippen molar-refractivity contribution in [2.24, 2.45) is 0 Å². The number of hydrogen-bond acceptors (Lipinski definition) is 3. The fourth-order valence-corrected chi connectivity index (χ4v) is 1.04. The zero-order valence-electron chi connectivity index (χ0n) is 7.41. The lowest BCUT2D eigenvalue weighted by Gasteiger charge is -1.99. The molecule has 0 saturated heterocycles. The van der Waals surface area contributed by atoms with Crippen LogP contribution in [0.3, 0.4) is 0 Å². The van der Waals surface area contributed by atoms with E-state index in [9.17, 15) is 0 Å². The number of methoxy groups -OCH3 is 1. The first-order chi connectivity index (χ1) is 5.72. The van der Waals surface area contributed by atoms with Crippen LogP contribution in [0.2, 0.25) is 0 Å². The average Bonchev–Trinajstić information content (AvgIpc) is 2.36. The fraction of sp³-hybridized carbons (Fsp3) is 0.556. The van der Waals surface area contributed by atoms with Crippen molar-refractivity contribution in [3.8, 4) is 0 Å². The van der Waals surface area contributed by atoms with Crippen LogP contribution in [0.15, 0.2) is 16.5 Å². The van der Waals surface area contributed by atoms with Crippen molar-refractivity contribution in [3.63, 3.8) is 0 Å². The molecule has 0 radical (unpaired) electrons. The van der Waals surface area contributed by atoms with Gasteiger partial charge in [0.2, 0.25) is 0 Å². The van der Waals surface area contributed by atoms with Crippen LogP contribution in [0.4, 0.5) is 0 Å². The predicted molar refractivity (Wildman–Crippen MR) is 44.8 cm³/mol. The molecular weight excluding hydrogens is 156 g/mol. The average molecular weight is 170 g/mol. The van der Waals surface area contributed by atoms with E-state index in [0.29, 0.717) is 13.0 Å². The number of aliphatic hydroxyl groups is 1. The third-order valence-electron chi connectivity index (χ3n) is 1.50. The van der Waals surface area contributed by atoms with E-state index in [2.05, 4.69) is 0 Å². The van der Waals surface area contributed by atoms with Crippen LogP contribution in [0, 0.1) is 0 Å². The first-order valence-electron chi connectivity index (χ1n) is 3.97. The molecule has 1 aromatic rings. The van der Waals surface area contributed by atoms with Crippen molar-refractivity contribution in [3.05, 3.63) is 23.7 Å². The second kappa shape index (κ2) is 4.28. The first-order valence-corrected chi connectivity index (χ1v) is 3.97. The summed E-state index contributed by atoms with van der Waals surface area (Å²) in [6, 6.07) is 3.72. The van der Waals surface area contributed by atoms with Crippen molar-refractivity contribution in [1.82, 2.24) is 0 Å². The van der Waals surface area contributed by atoms with E-state index in [0.717, 1.165) is 11.5 Å². The van der Waals surface area contributed by atoms with Crippen LogP contribution in [-0.2, 0) is 17.8 Å². The lowest BCUT2D eigenvalue weighted by molar-refractivity contribution is 0.157. The second-order valence-electron chi connectivity index (χ2n) is 2.85. The van der Waals surface area contributed by atoms with Gasteiger partial charge in [-0.15, -0.1) is 0 Å². The number of rotatable bonds is 4. The zero-order valence-corrected chi connectivity index (χ0v) is 7.41. The van der Waals surface area contributed by atoms with Crippen molar-refractivity contribution < 1.29 is 14.3 Å². The third-order valence-corrected chi connectivity index (χ3v) is 1.50. The summed E-state index contributed by atoms with van der Waals surface area (Å²) in [6.45, 7) is 2.22. The Labute approximate surface area is 72.0 Å². The quantitative estimate of drug-likeness (QED) is 0.741. The van der Waals surface area contributed by atoms with Crippen LogP contribution in [0.25, 0.3) is 0 Å². The second-order valence-corrected chi connectivity index (χ2v) is 2.85. The molecule has 0 aliphatic carbocycles. The molecule has 68 valence electrons. The summed E-state index contributed by atoms with van der Waals surface area (Å²) in [4.78, 5) is 0. The van der Waals surface area contributed by atoms with Crippen molar-refractivity contribution in [2.75, 3.05) is 7.11 Å². The van der Waals surface area contributed by atoms with Gasteiger partial charge in [-0.25, -0.2) is 0 Å². The van der Waals surface area contributed by atoms with E-state index in [1.165, 1.54) is 0 Å².